The molecule has 0 bridgehead atoms. The minimum absolute atomic E-state index is 0.330. The summed E-state index contributed by atoms with van der Waals surface area (Å²) in [4.78, 5) is 0. The summed E-state index contributed by atoms with van der Waals surface area (Å²) < 4.78 is 0. The van der Waals surface area contributed by atoms with Gasteiger partial charge in [0.25, 0.3) is 0 Å². The molecule has 0 aromatic rings. The number of rotatable bonds is 2. The van der Waals surface area contributed by atoms with Crippen molar-refractivity contribution in [3.63, 3.8) is 0 Å². The number of hydrogen-bond donors (Lipinski definition) is 2. The average Bonchev–Trinajstić information content (AvgIpc) is 2.10. The van der Waals surface area contributed by atoms with Crippen molar-refractivity contribution < 1.29 is 0 Å². The second-order valence-corrected chi connectivity index (χ2v) is 3.41. The molecule has 0 aromatic heterocycles. The van der Waals surface area contributed by atoms with Crippen LogP contribution in [-0.2, 0) is 0 Å². The highest BCUT2D eigenvalue weighted by Gasteiger charge is 2.24. The lowest BCUT2D eigenvalue weighted by Crippen LogP contribution is -2.25. The first-order valence-electron chi connectivity index (χ1n) is 4.50. The van der Waals surface area contributed by atoms with Crippen LogP contribution in [0.4, 0.5) is 0 Å². The smallest absolute Gasteiger partial charge is 0.0429 e. The summed E-state index contributed by atoms with van der Waals surface area (Å²) >= 11 is 0. The van der Waals surface area contributed by atoms with E-state index in [1.54, 1.807) is 0 Å². The van der Waals surface area contributed by atoms with E-state index in [4.69, 9.17) is 10.8 Å². The number of allylic oxidation sites excluding steroid dienone is 2. The minimum atomic E-state index is 0.330. The first-order valence-corrected chi connectivity index (χ1v) is 4.50. The third-order valence-electron chi connectivity index (χ3n) is 2.79. The van der Waals surface area contributed by atoms with E-state index in [-0.39, 0.29) is 0 Å². The van der Waals surface area contributed by atoms with E-state index in [0.717, 1.165) is 18.4 Å². The first-order chi connectivity index (χ1) is 5.70. The van der Waals surface area contributed by atoms with Gasteiger partial charge in [-0.3, -0.25) is 0 Å². The van der Waals surface area contributed by atoms with Gasteiger partial charge >= 0.3 is 0 Å². The summed E-state index contributed by atoms with van der Waals surface area (Å²) in [7, 11) is 0. The van der Waals surface area contributed by atoms with Gasteiger partial charge in [0.2, 0.25) is 0 Å². The molecule has 0 saturated carbocycles. The van der Waals surface area contributed by atoms with E-state index in [2.05, 4.69) is 13.8 Å². The SMILES string of the molecule is CCC1CC=C(C=N)C(=N)C1C. The Bertz CT molecular complexity index is 228. The van der Waals surface area contributed by atoms with Crippen molar-refractivity contribution in [1.29, 1.82) is 10.8 Å². The van der Waals surface area contributed by atoms with E-state index < -0.39 is 0 Å². The molecule has 0 radical (unpaired) electrons. The Morgan fingerprint density at radius 3 is 2.83 bits per heavy atom. The van der Waals surface area contributed by atoms with Gasteiger partial charge < -0.3 is 10.8 Å². The molecule has 0 aliphatic heterocycles. The maximum Gasteiger partial charge on any atom is 0.0429 e. The van der Waals surface area contributed by atoms with Crippen molar-refractivity contribution in [2.45, 2.75) is 26.7 Å². The van der Waals surface area contributed by atoms with Gasteiger partial charge in [-0.15, -0.1) is 0 Å². The zero-order valence-corrected chi connectivity index (χ0v) is 7.72. The zero-order chi connectivity index (χ0) is 9.14. The molecule has 1 aliphatic rings. The molecule has 2 unspecified atom stereocenters. The summed E-state index contributed by atoms with van der Waals surface area (Å²) in [6, 6.07) is 0. The molecule has 0 saturated heterocycles. The Kier molecular flexibility index (Phi) is 2.79. The molecule has 12 heavy (non-hydrogen) atoms. The maximum atomic E-state index is 7.77. The summed E-state index contributed by atoms with van der Waals surface area (Å²) in [5.41, 5.74) is 1.45. The van der Waals surface area contributed by atoms with Crippen LogP contribution in [0.5, 0.6) is 0 Å². The van der Waals surface area contributed by atoms with Gasteiger partial charge in [-0.25, -0.2) is 0 Å². The van der Waals surface area contributed by atoms with Crippen LogP contribution in [0.1, 0.15) is 26.7 Å². The molecular weight excluding hydrogens is 148 g/mol. The molecule has 1 aliphatic carbocycles. The van der Waals surface area contributed by atoms with Gasteiger partial charge in [-0.2, -0.15) is 0 Å². The fourth-order valence-corrected chi connectivity index (χ4v) is 1.75. The quantitative estimate of drug-likeness (QED) is 0.589. The van der Waals surface area contributed by atoms with Crippen LogP contribution in [-0.4, -0.2) is 11.9 Å². The molecule has 2 nitrogen and oxygen atoms in total. The molecule has 1 rings (SSSR count). The molecular formula is C10H16N2. The molecule has 2 atom stereocenters. The van der Waals surface area contributed by atoms with Gasteiger partial charge in [-0.1, -0.05) is 26.3 Å². The lowest BCUT2D eigenvalue weighted by molar-refractivity contribution is 0.424. The second kappa shape index (κ2) is 3.65. The first kappa shape index (κ1) is 9.17. The van der Waals surface area contributed by atoms with Crippen LogP contribution in [0, 0.1) is 22.7 Å². The van der Waals surface area contributed by atoms with Gasteiger partial charge in [0.1, 0.15) is 0 Å². The van der Waals surface area contributed by atoms with E-state index in [9.17, 15) is 0 Å². The minimum Gasteiger partial charge on any atom is -0.308 e. The Balaban J connectivity index is 2.83. The van der Waals surface area contributed by atoms with Gasteiger partial charge in [0, 0.05) is 23.4 Å². The molecule has 2 N–H and O–H groups in total. The fraction of sp³-hybridized carbons (Fsp3) is 0.600. The lowest BCUT2D eigenvalue weighted by Gasteiger charge is -2.27. The third kappa shape index (κ3) is 1.47. The topological polar surface area (TPSA) is 47.7 Å². The highest BCUT2D eigenvalue weighted by atomic mass is 14.5. The predicted octanol–water partition coefficient (Wildman–Crippen LogP) is 2.65. The van der Waals surface area contributed by atoms with Crippen LogP contribution in [0.2, 0.25) is 0 Å². The highest BCUT2D eigenvalue weighted by Crippen LogP contribution is 2.28. The van der Waals surface area contributed by atoms with Crippen LogP contribution in [0.3, 0.4) is 0 Å². The Hall–Kier alpha value is -0.920. The van der Waals surface area contributed by atoms with Crippen molar-refractivity contribution >= 4 is 11.9 Å². The third-order valence-corrected chi connectivity index (χ3v) is 2.79. The Morgan fingerprint density at radius 1 is 1.67 bits per heavy atom. The Labute approximate surface area is 73.7 Å². The van der Waals surface area contributed by atoms with Crippen molar-refractivity contribution in [2.24, 2.45) is 11.8 Å². The maximum absolute atomic E-state index is 7.77. The van der Waals surface area contributed by atoms with E-state index in [1.807, 2.05) is 6.08 Å². The Morgan fingerprint density at radius 2 is 2.33 bits per heavy atom. The van der Waals surface area contributed by atoms with E-state index in [0.29, 0.717) is 17.5 Å². The number of nitrogens with one attached hydrogen (secondary N) is 2. The number of hydrogen-bond acceptors (Lipinski definition) is 2. The standard InChI is InChI=1S/C10H16N2/c1-3-8-4-5-9(6-11)10(12)7(8)2/h5-8,11-12H,3-4H2,1-2H3. The van der Waals surface area contributed by atoms with Crippen molar-refractivity contribution in [3.05, 3.63) is 11.6 Å². The van der Waals surface area contributed by atoms with E-state index in [1.165, 1.54) is 6.21 Å². The van der Waals surface area contributed by atoms with Crippen LogP contribution in [0.15, 0.2) is 11.6 Å². The zero-order valence-electron chi connectivity index (χ0n) is 7.72. The van der Waals surface area contributed by atoms with Gasteiger partial charge in [0.15, 0.2) is 0 Å². The monoisotopic (exact) mass is 164 g/mol. The van der Waals surface area contributed by atoms with Crippen molar-refractivity contribution in [2.75, 3.05) is 0 Å². The van der Waals surface area contributed by atoms with Gasteiger partial charge in [-0.05, 0) is 12.3 Å². The van der Waals surface area contributed by atoms with Gasteiger partial charge in [0.05, 0.1) is 0 Å². The van der Waals surface area contributed by atoms with Crippen molar-refractivity contribution in [3.8, 4) is 0 Å². The summed E-state index contributed by atoms with van der Waals surface area (Å²) in [5, 5.41) is 14.9. The summed E-state index contributed by atoms with van der Waals surface area (Å²) in [6.45, 7) is 4.25. The molecule has 0 heterocycles. The van der Waals surface area contributed by atoms with Crippen molar-refractivity contribution in [1.82, 2.24) is 0 Å². The molecule has 66 valence electrons. The molecule has 2 heteroatoms. The lowest BCUT2D eigenvalue weighted by atomic mass is 9.78. The normalized spacial score (nSPS) is 29.8. The van der Waals surface area contributed by atoms with Crippen LogP contribution in [0.25, 0.3) is 0 Å². The fourth-order valence-electron chi connectivity index (χ4n) is 1.75. The van der Waals surface area contributed by atoms with Crippen LogP contribution >= 0.6 is 0 Å². The predicted molar refractivity (Wildman–Crippen MR) is 52.2 cm³/mol. The highest BCUT2D eigenvalue weighted by molar-refractivity contribution is 6.15. The molecule has 0 fully saturated rings. The van der Waals surface area contributed by atoms with Crippen LogP contribution < -0.4 is 0 Å². The largest absolute Gasteiger partial charge is 0.308 e. The molecule has 0 aromatic carbocycles. The average molecular weight is 164 g/mol. The second-order valence-electron chi connectivity index (χ2n) is 3.41. The summed E-state index contributed by atoms with van der Waals surface area (Å²) in [5.74, 6) is 0.942. The molecule has 0 amide bonds. The van der Waals surface area contributed by atoms with E-state index >= 15 is 0 Å². The summed E-state index contributed by atoms with van der Waals surface area (Å²) in [6.07, 6.45) is 5.48. The molecule has 0 spiro atoms.